The van der Waals surface area contributed by atoms with E-state index in [0.717, 1.165) is 18.8 Å². The minimum Gasteiger partial charge on any atom is -0.478 e. The Labute approximate surface area is 115 Å². The Morgan fingerprint density at radius 3 is 2.89 bits per heavy atom. The van der Waals surface area contributed by atoms with Gasteiger partial charge in [0.25, 0.3) is 0 Å². The third kappa shape index (κ3) is 4.35. The van der Waals surface area contributed by atoms with Crippen LogP contribution < -0.4 is 10.1 Å². The van der Waals surface area contributed by atoms with Crippen LogP contribution in [0.1, 0.15) is 33.1 Å². The van der Waals surface area contributed by atoms with Crippen molar-refractivity contribution in [1.29, 1.82) is 0 Å². The van der Waals surface area contributed by atoms with Crippen molar-refractivity contribution in [2.45, 2.75) is 39.2 Å². The van der Waals surface area contributed by atoms with Gasteiger partial charge in [0, 0.05) is 18.7 Å². The maximum atomic E-state index is 5.50. The first kappa shape index (κ1) is 14.1. The molecule has 1 N–H and O–H groups in total. The first-order valence-electron chi connectivity index (χ1n) is 7.22. The van der Waals surface area contributed by atoms with Crippen molar-refractivity contribution in [3.05, 3.63) is 12.4 Å². The fraction of sp³-hybridized carbons (Fsp3) is 0.714. The Kier molecular flexibility index (Phi) is 5.39. The summed E-state index contributed by atoms with van der Waals surface area (Å²) in [5.41, 5.74) is 0. The molecule has 1 aliphatic heterocycles. The molecule has 1 saturated heterocycles. The van der Waals surface area contributed by atoms with Crippen LogP contribution in [0.4, 0.5) is 5.82 Å². The number of aromatic nitrogens is 2. The molecular weight excluding hydrogens is 240 g/mol. The highest BCUT2D eigenvalue weighted by Gasteiger charge is 2.17. The lowest BCUT2D eigenvalue weighted by molar-refractivity contribution is 0.269. The van der Waals surface area contributed by atoms with Crippen molar-refractivity contribution in [1.82, 2.24) is 14.9 Å². The molecule has 0 aromatic carbocycles. The Hall–Kier alpha value is -1.36. The second-order valence-corrected chi connectivity index (χ2v) is 5.06. The first-order chi connectivity index (χ1) is 9.29. The number of likely N-dealkylation sites (tertiary alicyclic amines) is 1. The van der Waals surface area contributed by atoms with Gasteiger partial charge >= 0.3 is 0 Å². The average molecular weight is 264 g/mol. The standard InChI is InChI=1S/C14H24N4O/c1-3-8-19-14-9-13(16-11-17-14)15-10-12(2)18-6-4-5-7-18/h9,11-12H,3-8,10H2,1-2H3,(H,15,16,17). The van der Waals surface area contributed by atoms with Crippen LogP contribution in [-0.2, 0) is 0 Å². The van der Waals surface area contributed by atoms with Crippen LogP contribution in [0.25, 0.3) is 0 Å². The van der Waals surface area contributed by atoms with Crippen molar-refractivity contribution >= 4 is 5.82 Å². The lowest BCUT2D eigenvalue weighted by atomic mass is 10.3. The summed E-state index contributed by atoms with van der Waals surface area (Å²) in [6.45, 7) is 8.38. The van der Waals surface area contributed by atoms with E-state index in [1.54, 1.807) is 6.33 Å². The maximum Gasteiger partial charge on any atom is 0.218 e. The van der Waals surface area contributed by atoms with Gasteiger partial charge in [-0.3, -0.25) is 4.90 Å². The molecule has 0 aliphatic carbocycles. The molecule has 5 nitrogen and oxygen atoms in total. The van der Waals surface area contributed by atoms with E-state index >= 15 is 0 Å². The number of hydrogen-bond acceptors (Lipinski definition) is 5. The monoisotopic (exact) mass is 264 g/mol. The van der Waals surface area contributed by atoms with Crippen LogP contribution in [-0.4, -0.2) is 47.2 Å². The third-order valence-corrected chi connectivity index (χ3v) is 3.44. The molecule has 1 atom stereocenters. The van der Waals surface area contributed by atoms with E-state index in [1.165, 1.54) is 25.9 Å². The summed E-state index contributed by atoms with van der Waals surface area (Å²) in [7, 11) is 0. The Bertz CT molecular complexity index is 379. The topological polar surface area (TPSA) is 50.3 Å². The van der Waals surface area contributed by atoms with Crippen LogP contribution >= 0.6 is 0 Å². The first-order valence-corrected chi connectivity index (χ1v) is 7.22. The Balaban J connectivity index is 1.81. The summed E-state index contributed by atoms with van der Waals surface area (Å²) in [4.78, 5) is 10.8. The summed E-state index contributed by atoms with van der Waals surface area (Å²) < 4.78 is 5.50. The van der Waals surface area contributed by atoms with E-state index in [2.05, 4.69) is 34.0 Å². The lowest BCUT2D eigenvalue weighted by Crippen LogP contribution is -2.35. The van der Waals surface area contributed by atoms with E-state index in [1.807, 2.05) is 6.07 Å². The zero-order valence-electron chi connectivity index (χ0n) is 11.9. The molecule has 2 rings (SSSR count). The van der Waals surface area contributed by atoms with E-state index < -0.39 is 0 Å². The zero-order valence-corrected chi connectivity index (χ0v) is 11.9. The van der Waals surface area contributed by atoms with Crippen molar-refractivity contribution in [3.8, 4) is 5.88 Å². The number of anilines is 1. The second kappa shape index (κ2) is 7.28. The average Bonchev–Trinajstić information content (AvgIpc) is 2.97. The van der Waals surface area contributed by atoms with Crippen molar-refractivity contribution in [2.75, 3.05) is 31.6 Å². The lowest BCUT2D eigenvalue weighted by Gasteiger charge is -2.24. The van der Waals surface area contributed by atoms with Crippen LogP contribution in [0.15, 0.2) is 12.4 Å². The molecule has 106 valence electrons. The van der Waals surface area contributed by atoms with Crippen LogP contribution in [0.5, 0.6) is 5.88 Å². The largest absolute Gasteiger partial charge is 0.478 e. The van der Waals surface area contributed by atoms with Crippen LogP contribution in [0, 0.1) is 0 Å². The SMILES string of the molecule is CCCOc1cc(NCC(C)N2CCCC2)ncn1. The molecule has 1 aromatic heterocycles. The fourth-order valence-electron chi connectivity index (χ4n) is 2.29. The number of hydrogen-bond donors (Lipinski definition) is 1. The van der Waals surface area contributed by atoms with Gasteiger partial charge < -0.3 is 10.1 Å². The summed E-state index contributed by atoms with van der Waals surface area (Å²) >= 11 is 0. The summed E-state index contributed by atoms with van der Waals surface area (Å²) in [6, 6.07) is 2.41. The van der Waals surface area contributed by atoms with Gasteiger partial charge in [-0.15, -0.1) is 0 Å². The van der Waals surface area contributed by atoms with Gasteiger partial charge in [-0.1, -0.05) is 6.92 Å². The molecular formula is C14H24N4O. The smallest absolute Gasteiger partial charge is 0.218 e. The van der Waals surface area contributed by atoms with Gasteiger partial charge in [-0.05, 0) is 39.3 Å². The molecule has 0 spiro atoms. The number of rotatable bonds is 7. The molecule has 0 bridgehead atoms. The number of nitrogens with one attached hydrogen (secondary N) is 1. The molecule has 1 aliphatic rings. The van der Waals surface area contributed by atoms with Gasteiger partial charge in [0.05, 0.1) is 6.61 Å². The van der Waals surface area contributed by atoms with Gasteiger partial charge in [0.2, 0.25) is 5.88 Å². The molecule has 1 aromatic rings. The van der Waals surface area contributed by atoms with E-state index in [-0.39, 0.29) is 0 Å². The molecule has 1 unspecified atom stereocenters. The van der Waals surface area contributed by atoms with E-state index in [0.29, 0.717) is 18.5 Å². The van der Waals surface area contributed by atoms with Gasteiger partial charge in [0.15, 0.2) is 0 Å². The highest BCUT2D eigenvalue weighted by atomic mass is 16.5. The summed E-state index contributed by atoms with van der Waals surface area (Å²) in [5, 5.41) is 3.37. The number of nitrogens with zero attached hydrogens (tertiary/aromatic N) is 3. The summed E-state index contributed by atoms with van der Waals surface area (Å²) in [5.74, 6) is 1.49. The Morgan fingerprint density at radius 2 is 2.16 bits per heavy atom. The maximum absolute atomic E-state index is 5.50. The van der Waals surface area contributed by atoms with Crippen LogP contribution in [0.3, 0.4) is 0 Å². The van der Waals surface area contributed by atoms with Gasteiger partial charge in [-0.2, -0.15) is 0 Å². The predicted molar refractivity (Wildman–Crippen MR) is 76.6 cm³/mol. The third-order valence-electron chi connectivity index (χ3n) is 3.44. The molecule has 2 heterocycles. The predicted octanol–water partition coefficient (Wildman–Crippen LogP) is 2.16. The van der Waals surface area contributed by atoms with Gasteiger partial charge in [-0.25, -0.2) is 9.97 Å². The van der Waals surface area contributed by atoms with Crippen LogP contribution in [0.2, 0.25) is 0 Å². The molecule has 0 amide bonds. The molecule has 0 radical (unpaired) electrons. The highest BCUT2D eigenvalue weighted by Crippen LogP contribution is 2.14. The minimum absolute atomic E-state index is 0.539. The number of ether oxygens (including phenoxy) is 1. The summed E-state index contributed by atoms with van der Waals surface area (Å²) in [6.07, 6.45) is 5.19. The minimum atomic E-state index is 0.539. The molecule has 0 saturated carbocycles. The molecule has 5 heteroatoms. The normalized spacial score (nSPS) is 17.4. The second-order valence-electron chi connectivity index (χ2n) is 5.06. The molecule has 1 fully saturated rings. The van der Waals surface area contributed by atoms with E-state index in [9.17, 15) is 0 Å². The van der Waals surface area contributed by atoms with Crippen molar-refractivity contribution in [2.24, 2.45) is 0 Å². The van der Waals surface area contributed by atoms with Gasteiger partial charge in [0.1, 0.15) is 12.1 Å². The van der Waals surface area contributed by atoms with Crippen molar-refractivity contribution < 1.29 is 4.74 Å². The van der Waals surface area contributed by atoms with E-state index in [4.69, 9.17) is 4.74 Å². The Morgan fingerprint density at radius 1 is 1.37 bits per heavy atom. The molecule has 19 heavy (non-hydrogen) atoms. The highest BCUT2D eigenvalue weighted by molar-refractivity contribution is 5.37. The zero-order chi connectivity index (χ0) is 13.5. The fourth-order valence-corrected chi connectivity index (χ4v) is 2.29. The van der Waals surface area contributed by atoms with Crippen molar-refractivity contribution in [3.63, 3.8) is 0 Å². The quantitative estimate of drug-likeness (QED) is 0.818.